The molecule has 4 N–H and O–H groups in total. The van der Waals surface area contributed by atoms with Crippen LogP contribution in [0.15, 0.2) is 6.20 Å². The Kier molecular flexibility index (Phi) is 10.5. The lowest BCUT2D eigenvalue weighted by Gasteiger charge is -2.19. The summed E-state index contributed by atoms with van der Waals surface area (Å²) in [5.74, 6) is -0.183. The zero-order valence-electron chi connectivity index (χ0n) is 22.0. The molecule has 36 heavy (non-hydrogen) atoms. The number of ether oxygens (including phenoxy) is 2. The fraction of sp³-hybridized carbons (Fsp3) is 0.696. The van der Waals surface area contributed by atoms with Crippen LogP contribution in [0.4, 0.5) is 10.6 Å². The molecule has 13 heteroatoms. The minimum atomic E-state index is -0.592. The summed E-state index contributed by atoms with van der Waals surface area (Å²) in [6.07, 6.45) is 1.94. The van der Waals surface area contributed by atoms with Crippen molar-refractivity contribution in [2.75, 3.05) is 38.6 Å². The Morgan fingerprint density at radius 1 is 1.11 bits per heavy atom. The van der Waals surface area contributed by atoms with Crippen molar-refractivity contribution in [3.8, 4) is 0 Å². The highest BCUT2D eigenvalue weighted by Gasteiger charge is 2.31. The van der Waals surface area contributed by atoms with Gasteiger partial charge in [-0.1, -0.05) is 0 Å². The number of carbonyl (C=O) groups excluding carboxylic acids is 4. The predicted octanol–water partition coefficient (Wildman–Crippen LogP) is 0.576. The molecule has 202 valence electrons. The number of rotatable bonds is 11. The van der Waals surface area contributed by atoms with E-state index in [9.17, 15) is 19.2 Å². The van der Waals surface area contributed by atoms with Crippen molar-refractivity contribution in [2.24, 2.45) is 7.05 Å². The molecule has 0 radical (unpaired) electrons. The van der Waals surface area contributed by atoms with Crippen molar-refractivity contribution in [1.29, 1.82) is 0 Å². The number of carbonyl (C=O) groups is 4. The molecule has 1 aromatic heterocycles. The Morgan fingerprint density at radius 3 is 2.47 bits per heavy atom. The van der Waals surface area contributed by atoms with Crippen LogP contribution in [0.3, 0.4) is 0 Å². The van der Waals surface area contributed by atoms with Gasteiger partial charge in [0.15, 0.2) is 0 Å². The minimum absolute atomic E-state index is 0.0733. The van der Waals surface area contributed by atoms with Gasteiger partial charge in [-0.3, -0.25) is 19.3 Å². The van der Waals surface area contributed by atoms with Crippen molar-refractivity contribution in [3.63, 3.8) is 0 Å². The lowest BCUT2D eigenvalue weighted by Crippen LogP contribution is -2.39. The molecule has 1 aromatic rings. The van der Waals surface area contributed by atoms with Crippen LogP contribution in [0.2, 0.25) is 0 Å². The normalized spacial score (nSPS) is 17.8. The molecule has 0 aromatic carbocycles. The molecule has 0 spiro atoms. The van der Waals surface area contributed by atoms with Gasteiger partial charge >= 0.3 is 12.1 Å². The molecule has 0 bridgehead atoms. The van der Waals surface area contributed by atoms with Crippen LogP contribution in [0.5, 0.6) is 0 Å². The van der Waals surface area contributed by atoms with Gasteiger partial charge < -0.3 is 35.3 Å². The number of amides is 3. The summed E-state index contributed by atoms with van der Waals surface area (Å²) in [6, 6.07) is -0.0733. The zero-order valence-corrected chi connectivity index (χ0v) is 22.0. The first-order valence-corrected chi connectivity index (χ1v) is 12.1. The van der Waals surface area contributed by atoms with E-state index in [1.165, 1.54) is 0 Å². The van der Waals surface area contributed by atoms with Gasteiger partial charge in [0.1, 0.15) is 11.4 Å². The van der Waals surface area contributed by atoms with Crippen LogP contribution < -0.4 is 21.3 Å². The maximum absolute atomic E-state index is 12.4. The number of likely N-dealkylation sites (N-methyl/N-ethyl adjacent to an activating group) is 1. The van der Waals surface area contributed by atoms with Crippen LogP contribution in [-0.4, -0.2) is 89.4 Å². The highest BCUT2D eigenvalue weighted by atomic mass is 16.6. The third kappa shape index (κ3) is 9.72. The number of likely N-dealkylation sites (tertiary alicyclic amines) is 1. The van der Waals surface area contributed by atoms with Crippen LogP contribution in [0.25, 0.3) is 0 Å². The van der Waals surface area contributed by atoms with Crippen molar-refractivity contribution < 1.29 is 28.7 Å². The van der Waals surface area contributed by atoms with Crippen molar-refractivity contribution in [3.05, 3.63) is 12.0 Å². The van der Waals surface area contributed by atoms with Crippen LogP contribution in [-0.2, 0) is 26.1 Å². The van der Waals surface area contributed by atoms with E-state index in [-0.39, 0.29) is 61.7 Å². The number of imidazole rings is 1. The average molecular weight is 510 g/mol. The molecule has 2 unspecified atom stereocenters. The van der Waals surface area contributed by atoms with Gasteiger partial charge in [0.25, 0.3) is 5.91 Å². The first kappa shape index (κ1) is 28.9. The Balaban J connectivity index is 1.78. The molecule has 1 fully saturated rings. The molecule has 2 heterocycles. The summed E-state index contributed by atoms with van der Waals surface area (Å²) in [4.78, 5) is 54.2. The first-order chi connectivity index (χ1) is 16.9. The summed E-state index contributed by atoms with van der Waals surface area (Å²) in [7, 11) is 3.64. The van der Waals surface area contributed by atoms with Crippen LogP contribution in [0, 0.1) is 0 Å². The number of aryl methyl sites for hydroxylation is 1. The van der Waals surface area contributed by atoms with E-state index in [0.717, 1.165) is 0 Å². The van der Waals surface area contributed by atoms with Gasteiger partial charge in [0, 0.05) is 51.8 Å². The second kappa shape index (κ2) is 13.1. The Labute approximate surface area is 211 Å². The Morgan fingerprint density at radius 2 is 1.81 bits per heavy atom. The van der Waals surface area contributed by atoms with E-state index < -0.39 is 11.7 Å². The van der Waals surface area contributed by atoms with Gasteiger partial charge in [-0.15, -0.1) is 0 Å². The van der Waals surface area contributed by atoms with Gasteiger partial charge in [-0.05, 0) is 34.7 Å². The van der Waals surface area contributed by atoms with Gasteiger partial charge in [0.05, 0.1) is 19.2 Å². The molecule has 0 aliphatic carbocycles. The van der Waals surface area contributed by atoms with E-state index in [0.29, 0.717) is 25.4 Å². The summed E-state index contributed by atoms with van der Waals surface area (Å²) in [6.45, 7) is 8.32. The number of aromatic nitrogens is 2. The van der Waals surface area contributed by atoms with Gasteiger partial charge in [-0.2, -0.15) is 0 Å². The Bertz CT molecular complexity index is 927. The fourth-order valence-electron chi connectivity index (χ4n) is 3.67. The molecule has 1 aliphatic rings. The summed E-state index contributed by atoms with van der Waals surface area (Å²) < 4.78 is 11.6. The average Bonchev–Trinajstić information content (AvgIpc) is 3.28. The highest BCUT2D eigenvalue weighted by molar-refractivity contribution is 5.91. The SMILES string of the molecule is CCOC(=O)CCNC(=O)c1nc(NC2CC(NC(=O)CCNC(=O)OC(C)(C)C)CN2C)cn1C. The van der Waals surface area contributed by atoms with Crippen LogP contribution in [0.1, 0.15) is 57.6 Å². The Hall–Kier alpha value is -3.35. The van der Waals surface area contributed by atoms with Crippen molar-refractivity contribution in [2.45, 2.75) is 64.8 Å². The quantitative estimate of drug-likeness (QED) is 0.313. The third-order valence-corrected chi connectivity index (χ3v) is 5.25. The summed E-state index contributed by atoms with van der Waals surface area (Å²) in [5.41, 5.74) is -0.592. The maximum atomic E-state index is 12.4. The number of anilines is 1. The number of nitrogens with one attached hydrogen (secondary N) is 4. The zero-order chi connectivity index (χ0) is 26.9. The lowest BCUT2D eigenvalue weighted by molar-refractivity contribution is -0.142. The van der Waals surface area contributed by atoms with Gasteiger partial charge in [-0.25, -0.2) is 9.78 Å². The molecule has 1 saturated heterocycles. The molecule has 1 aliphatic heterocycles. The molecule has 3 amide bonds. The van der Waals surface area contributed by atoms with Crippen molar-refractivity contribution >= 4 is 29.7 Å². The number of hydrogen-bond acceptors (Lipinski definition) is 9. The number of hydrogen-bond donors (Lipinski definition) is 4. The second-order valence-electron chi connectivity index (χ2n) is 9.65. The van der Waals surface area contributed by atoms with E-state index in [2.05, 4.69) is 31.2 Å². The predicted molar refractivity (Wildman–Crippen MR) is 132 cm³/mol. The van der Waals surface area contributed by atoms with E-state index in [1.54, 1.807) is 45.5 Å². The van der Waals surface area contributed by atoms with Gasteiger partial charge in [0.2, 0.25) is 11.7 Å². The minimum Gasteiger partial charge on any atom is -0.466 e. The second-order valence-corrected chi connectivity index (χ2v) is 9.65. The summed E-state index contributed by atoms with van der Waals surface area (Å²) >= 11 is 0. The lowest BCUT2D eigenvalue weighted by atomic mass is 10.2. The molecular weight excluding hydrogens is 470 g/mol. The van der Waals surface area contributed by atoms with Crippen molar-refractivity contribution in [1.82, 2.24) is 30.4 Å². The number of alkyl carbamates (subject to hydrolysis) is 1. The van der Waals surface area contributed by atoms with E-state index >= 15 is 0 Å². The summed E-state index contributed by atoms with van der Waals surface area (Å²) in [5, 5.41) is 11.5. The highest BCUT2D eigenvalue weighted by Crippen LogP contribution is 2.19. The molecule has 13 nitrogen and oxygen atoms in total. The largest absolute Gasteiger partial charge is 0.466 e. The maximum Gasteiger partial charge on any atom is 0.407 e. The third-order valence-electron chi connectivity index (χ3n) is 5.25. The fourth-order valence-corrected chi connectivity index (χ4v) is 3.67. The monoisotopic (exact) mass is 509 g/mol. The molecule has 0 saturated carbocycles. The smallest absolute Gasteiger partial charge is 0.407 e. The first-order valence-electron chi connectivity index (χ1n) is 12.1. The standard InChI is InChI=1S/C23H39N7O6/c1-7-35-19(32)9-11-24-21(33)20-28-16(14-30(20)6)27-17-12-15(13-29(17)5)26-18(31)8-10-25-22(34)36-23(2,3)4/h14-15,17,27H,7-13H2,1-6H3,(H,24,33)(H,25,34)(H,26,31). The number of esters is 1. The van der Waals surface area contributed by atoms with E-state index in [4.69, 9.17) is 9.47 Å². The molecule has 2 atom stereocenters. The topological polar surface area (TPSA) is 156 Å². The molecular formula is C23H39N7O6. The van der Waals surface area contributed by atoms with Crippen LogP contribution >= 0.6 is 0 Å². The molecule has 2 rings (SSSR count). The van der Waals surface area contributed by atoms with E-state index in [1.807, 2.05) is 7.05 Å². The number of nitrogens with zero attached hydrogens (tertiary/aromatic N) is 3.